The zero-order valence-corrected chi connectivity index (χ0v) is 10.2. The van der Waals surface area contributed by atoms with Crippen molar-refractivity contribution >= 4 is 11.0 Å². The Morgan fingerprint density at radius 3 is 2.83 bits per heavy atom. The molecule has 0 aliphatic carbocycles. The summed E-state index contributed by atoms with van der Waals surface area (Å²) in [4.78, 5) is 7.53. The van der Waals surface area contributed by atoms with Crippen LogP contribution in [-0.4, -0.2) is 9.97 Å². The number of benzene rings is 1. The highest BCUT2D eigenvalue weighted by atomic mass is 16.5. The van der Waals surface area contributed by atoms with Crippen LogP contribution < -0.4 is 4.74 Å². The van der Waals surface area contributed by atoms with Gasteiger partial charge in [-0.3, -0.25) is 0 Å². The Labute approximate surface area is 105 Å². The average molecular weight is 238 g/mol. The molecule has 3 heteroatoms. The van der Waals surface area contributed by atoms with E-state index < -0.39 is 0 Å². The van der Waals surface area contributed by atoms with E-state index in [0.717, 1.165) is 28.0 Å². The van der Waals surface area contributed by atoms with Crippen molar-refractivity contribution in [2.75, 3.05) is 0 Å². The zero-order valence-electron chi connectivity index (χ0n) is 10.2. The third kappa shape index (κ3) is 2.20. The highest BCUT2D eigenvalue weighted by molar-refractivity contribution is 5.77. The van der Waals surface area contributed by atoms with Gasteiger partial charge in [0.25, 0.3) is 0 Å². The lowest BCUT2D eigenvalue weighted by Gasteiger charge is -2.05. The normalized spacial score (nSPS) is 10.7. The van der Waals surface area contributed by atoms with Crippen LogP contribution in [0.4, 0.5) is 0 Å². The number of hydrogen-bond acceptors (Lipinski definition) is 2. The Balaban J connectivity index is 1.78. The van der Waals surface area contributed by atoms with Crippen LogP contribution in [0.5, 0.6) is 5.75 Å². The molecule has 0 saturated carbocycles. The summed E-state index contributed by atoms with van der Waals surface area (Å²) in [5, 5.41) is 1.08. The van der Waals surface area contributed by atoms with Crippen LogP contribution in [0.3, 0.4) is 0 Å². The van der Waals surface area contributed by atoms with Gasteiger partial charge in [-0.15, -0.1) is 0 Å². The van der Waals surface area contributed by atoms with E-state index >= 15 is 0 Å². The number of nitrogens with zero attached hydrogens (tertiary/aromatic N) is 1. The van der Waals surface area contributed by atoms with Crippen molar-refractivity contribution in [3.63, 3.8) is 0 Å². The average Bonchev–Trinajstić information content (AvgIpc) is 2.77. The maximum atomic E-state index is 5.73. The molecule has 3 nitrogen and oxygen atoms in total. The molecule has 0 radical (unpaired) electrons. The molecule has 3 aromatic rings. The number of nitrogens with one attached hydrogen (secondary N) is 1. The van der Waals surface area contributed by atoms with Crippen LogP contribution in [-0.2, 0) is 6.61 Å². The van der Waals surface area contributed by atoms with Gasteiger partial charge in [0.05, 0.1) is 6.20 Å². The third-order valence-corrected chi connectivity index (χ3v) is 2.83. The molecular weight excluding hydrogens is 224 g/mol. The Morgan fingerprint density at radius 1 is 1.17 bits per heavy atom. The molecule has 1 N–H and O–H groups in total. The quantitative estimate of drug-likeness (QED) is 0.759. The number of aryl methyl sites for hydroxylation is 1. The fraction of sp³-hybridized carbons (Fsp3) is 0.133. The molecule has 0 saturated heterocycles. The third-order valence-electron chi connectivity index (χ3n) is 2.83. The summed E-state index contributed by atoms with van der Waals surface area (Å²) in [7, 11) is 0. The summed E-state index contributed by atoms with van der Waals surface area (Å²) in [6.07, 6.45) is 1.75. The molecule has 2 aromatic heterocycles. The smallest absolute Gasteiger partial charge is 0.138 e. The molecule has 0 amide bonds. The Bertz CT molecular complexity index is 659. The number of rotatable bonds is 3. The number of aromatic nitrogens is 2. The van der Waals surface area contributed by atoms with E-state index in [2.05, 4.69) is 16.0 Å². The van der Waals surface area contributed by atoms with Crippen LogP contribution in [0.25, 0.3) is 11.0 Å². The summed E-state index contributed by atoms with van der Waals surface area (Å²) < 4.78 is 5.73. The molecule has 2 heterocycles. The van der Waals surface area contributed by atoms with Gasteiger partial charge in [0.1, 0.15) is 18.0 Å². The predicted molar refractivity (Wildman–Crippen MR) is 71.6 cm³/mol. The van der Waals surface area contributed by atoms with Gasteiger partial charge < -0.3 is 9.72 Å². The number of aromatic amines is 1. The lowest BCUT2D eigenvalue weighted by Crippen LogP contribution is -1.95. The Morgan fingerprint density at radius 2 is 2.00 bits per heavy atom. The summed E-state index contributed by atoms with van der Waals surface area (Å²) in [6.45, 7) is 2.59. The second kappa shape index (κ2) is 4.53. The van der Waals surface area contributed by atoms with Crippen molar-refractivity contribution in [3.05, 3.63) is 59.9 Å². The molecule has 0 spiro atoms. The first kappa shape index (κ1) is 10.8. The predicted octanol–water partition coefficient (Wildman–Crippen LogP) is 3.45. The summed E-state index contributed by atoms with van der Waals surface area (Å²) >= 11 is 0. The van der Waals surface area contributed by atoms with Crippen molar-refractivity contribution in [1.82, 2.24) is 9.97 Å². The van der Waals surface area contributed by atoms with Gasteiger partial charge in [0, 0.05) is 11.1 Å². The van der Waals surface area contributed by atoms with Crippen LogP contribution in [0, 0.1) is 6.92 Å². The first-order valence-electron chi connectivity index (χ1n) is 5.93. The van der Waals surface area contributed by atoms with E-state index in [0.29, 0.717) is 6.61 Å². The topological polar surface area (TPSA) is 37.9 Å². The molecule has 18 heavy (non-hydrogen) atoms. The van der Waals surface area contributed by atoms with E-state index in [9.17, 15) is 0 Å². The molecule has 90 valence electrons. The van der Waals surface area contributed by atoms with Gasteiger partial charge >= 0.3 is 0 Å². The maximum Gasteiger partial charge on any atom is 0.138 e. The van der Waals surface area contributed by atoms with Crippen LogP contribution in [0.1, 0.15) is 11.3 Å². The molecule has 0 unspecified atom stereocenters. The van der Waals surface area contributed by atoms with E-state index in [1.165, 1.54) is 0 Å². The second-order valence-electron chi connectivity index (χ2n) is 4.34. The highest BCUT2D eigenvalue weighted by Crippen LogP contribution is 2.19. The first-order valence-corrected chi connectivity index (χ1v) is 5.93. The van der Waals surface area contributed by atoms with E-state index in [-0.39, 0.29) is 0 Å². The second-order valence-corrected chi connectivity index (χ2v) is 4.34. The lowest BCUT2D eigenvalue weighted by atomic mass is 10.2. The standard InChI is InChI=1S/C15H14N2O/c1-11-7-13-8-14(9-16-15(13)17-11)18-10-12-5-3-2-4-6-12/h2-9H,10H2,1H3,(H,16,17). The van der Waals surface area contributed by atoms with Crippen LogP contribution >= 0.6 is 0 Å². The number of ether oxygens (including phenoxy) is 1. The summed E-state index contributed by atoms with van der Waals surface area (Å²) in [5.41, 5.74) is 3.17. The monoisotopic (exact) mass is 238 g/mol. The van der Waals surface area contributed by atoms with Gasteiger partial charge in [0.15, 0.2) is 0 Å². The number of H-pyrrole nitrogens is 1. The van der Waals surface area contributed by atoms with Gasteiger partial charge in [0.2, 0.25) is 0 Å². The van der Waals surface area contributed by atoms with Crippen molar-refractivity contribution in [2.24, 2.45) is 0 Å². The van der Waals surface area contributed by atoms with Gasteiger partial charge in [-0.2, -0.15) is 0 Å². The number of fused-ring (bicyclic) bond motifs is 1. The minimum absolute atomic E-state index is 0.567. The minimum Gasteiger partial charge on any atom is -0.487 e. The van der Waals surface area contributed by atoms with Crippen molar-refractivity contribution < 1.29 is 4.74 Å². The van der Waals surface area contributed by atoms with E-state index in [1.807, 2.05) is 43.3 Å². The zero-order chi connectivity index (χ0) is 12.4. The molecule has 0 bridgehead atoms. The molecule has 0 atom stereocenters. The maximum absolute atomic E-state index is 5.73. The van der Waals surface area contributed by atoms with Gasteiger partial charge in [-0.1, -0.05) is 30.3 Å². The SMILES string of the molecule is Cc1cc2cc(OCc3ccccc3)cnc2[nH]1. The van der Waals surface area contributed by atoms with Gasteiger partial charge in [-0.25, -0.2) is 4.98 Å². The Kier molecular flexibility index (Phi) is 2.73. The van der Waals surface area contributed by atoms with Crippen LogP contribution in [0.2, 0.25) is 0 Å². The Hall–Kier alpha value is -2.29. The fourth-order valence-corrected chi connectivity index (χ4v) is 1.95. The highest BCUT2D eigenvalue weighted by Gasteiger charge is 2.01. The largest absolute Gasteiger partial charge is 0.487 e. The van der Waals surface area contributed by atoms with Crippen LogP contribution in [0.15, 0.2) is 48.7 Å². The molecule has 0 aliphatic rings. The molecular formula is C15H14N2O. The van der Waals surface area contributed by atoms with E-state index in [4.69, 9.17) is 4.74 Å². The lowest BCUT2D eigenvalue weighted by molar-refractivity contribution is 0.305. The van der Waals surface area contributed by atoms with Gasteiger partial charge in [-0.05, 0) is 24.6 Å². The molecule has 3 rings (SSSR count). The summed E-state index contributed by atoms with van der Waals surface area (Å²) in [5.74, 6) is 0.797. The first-order chi connectivity index (χ1) is 8.81. The van der Waals surface area contributed by atoms with Crippen molar-refractivity contribution in [1.29, 1.82) is 0 Å². The molecule has 1 aromatic carbocycles. The molecule has 0 fully saturated rings. The van der Waals surface area contributed by atoms with Crippen molar-refractivity contribution in [3.8, 4) is 5.75 Å². The van der Waals surface area contributed by atoms with Crippen molar-refractivity contribution in [2.45, 2.75) is 13.5 Å². The minimum atomic E-state index is 0.567. The fourth-order valence-electron chi connectivity index (χ4n) is 1.95. The molecule has 0 aliphatic heterocycles. The number of pyridine rings is 1. The summed E-state index contributed by atoms with van der Waals surface area (Å²) in [6, 6.07) is 14.2. The van der Waals surface area contributed by atoms with E-state index in [1.54, 1.807) is 6.20 Å². The number of hydrogen-bond donors (Lipinski definition) is 1.